The number of nitrogens with zero attached hydrogens (tertiary/aromatic N) is 1. The van der Waals surface area contributed by atoms with Crippen molar-refractivity contribution in [2.24, 2.45) is 5.92 Å². The number of fused-ring (bicyclic) bond motifs is 3. The molecule has 0 radical (unpaired) electrons. The minimum atomic E-state index is -0.368. The zero-order valence-corrected chi connectivity index (χ0v) is 20.1. The third-order valence-corrected chi connectivity index (χ3v) is 9.36. The highest BCUT2D eigenvalue weighted by molar-refractivity contribution is 8.00. The Hall–Kier alpha value is -1.99. The minimum absolute atomic E-state index is 0.0481. The van der Waals surface area contributed by atoms with Crippen molar-refractivity contribution in [3.05, 3.63) is 97.8 Å². The number of hydrogen-bond acceptors (Lipinski definition) is 4. The highest BCUT2D eigenvalue weighted by Crippen LogP contribution is 2.59. The average molecular weight is 524 g/mol. The lowest BCUT2D eigenvalue weighted by atomic mass is 9.77. The molecule has 33 heavy (non-hydrogen) atoms. The smallest absolute Gasteiger partial charge is 0.282 e. The van der Waals surface area contributed by atoms with Crippen LogP contribution in [0.4, 0.5) is 15.8 Å². The number of nitrogens with one attached hydrogen (secondary N) is 1. The lowest BCUT2D eigenvalue weighted by Gasteiger charge is -2.39. The fourth-order valence-corrected chi connectivity index (χ4v) is 7.32. The van der Waals surface area contributed by atoms with E-state index in [0.717, 1.165) is 23.2 Å². The van der Waals surface area contributed by atoms with E-state index in [-0.39, 0.29) is 44.9 Å². The van der Waals surface area contributed by atoms with E-state index in [9.17, 15) is 14.5 Å². The number of para-hydroxylation sites is 1. The SMILES string of the molecule is O=[N+]([O-])c1ccccc1S[C@@H]1C[C@@H]2[C@H](c3ccc(Cl)c(Cl)c3N[C@H]2c2ccc(F)cc2)[C@@H]1Cl. The summed E-state index contributed by atoms with van der Waals surface area (Å²) in [5, 5.41) is 15.6. The first-order valence-electron chi connectivity index (χ1n) is 10.4. The lowest BCUT2D eigenvalue weighted by molar-refractivity contribution is -0.387. The van der Waals surface area contributed by atoms with E-state index in [0.29, 0.717) is 14.9 Å². The molecule has 1 saturated carbocycles. The van der Waals surface area contributed by atoms with Crippen LogP contribution in [-0.2, 0) is 0 Å². The molecule has 0 amide bonds. The van der Waals surface area contributed by atoms with E-state index in [1.807, 2.05) is 6.07 Å². The van der Waals surface area contributed by atoms with Crippen molar-refractivity contribution in [1.82, 2.24) is 0 Å². The predicted molar refractivity (Wildman–Crippen MR) is 132 cm³/mol. The maximum absolute atomic E-state index is 13.6. The van der Waals surface area contributed by atoms with Crippen LogP contribution >= 0.6 is 46.6 Å². The van der Waals surface area contributed by atoms with E-state index in [2.05, 4.69) is 5.32 Å². The van der Waals surface area contributed by atoms with Crippen molar-refractivity contribution in [2.45, 2.75) is 33.9 Å². The minimum Gasteiger partial charge on any atom is -0.376 e. The van der Waals surface area contributed by atoms with Crippen molar-refractivity contribution < 1.29 is 9.31 Å². The van der Waals surface area contributed by atoms with Crippen LogP contribution in [0.1, 0.15) is 29.5 Å². The van der Waals surface area contributed by atoms with Gasteiger partial charge in [-0.15, -0.1) is 23.4 Å². The van der Waals surface area contributed by atoms with Crippen molar-refractivity contribution in [3.8, 4) is 0 Å². The molecule has 1 fully saturated rings. The van der Waals surface area contributed by atoms with Gasteiger partial charge in [0.2, 0.25) is 0 Å². The van der Waals surface area contributed by atoms with Gasteiger partial charge in [-0.1, -0.05) is 53.5 Å². The van der Waals surface area contributed by atoms with Gasteiger partial charge < -0.3 is 5.32 Å². The zero-order valence-electron chi connectivity index (χ0n) is 17.1. The maximum atomic E-state index is 13.6. The van der Waals surface area contributed by atoms with Gasteiger partial charge in [-0.05, 0) is 47.7 Å². The van der Waals surface area contributed by atoms with E-state index in [1.165, 1.54) is 30.0 Å². The number of thioether (sulfide) groups is 1. The van der Waals surface area contributed by atoms with Gasteiger partial charge in [0.1, 0.15) is 5.82 Å². The summed E-state index contributed by atoms with van der Waals surface area (Å²) in [5.41, 5.74) is 2.72. The predicted octanol–water partition coefficient (Wildman–Crippen LogP) is 8.08. The first-order valence-corrected chi connectivity index (χ1v) is 12.5. The van der Waals surface area contributed by atoms with Crippen LogP contribution in [-0.4, -0.2) is 15.6 Å². The van der Waals surface area contributed by atoms with E-state index in [4.69, 9.17) is 34.8 Å². The molecule has 1 aliphatic carbocycles. The summed E-state index contributed by atoms with van der Waals surface area (Å²) >= 11 is 21.4. The van der Waals surface area contributed by atoms with Gasteiger partial charge in [-0.25, -0.2) is 4.39 Å². The number of rotatable bonds is 4. The van der Waals surface area contributed by atoms with Crippen LogP contribution < -0.4 is 5.32 Å². The quantitative estimate of drug-likeness (QED) is 0.213. The van der Waals surface area contributed by atoms with Gasteiger partial charge in [-0.3, -0.25) is 10.1 Å². The first-order chi connectivity index (χ1) is 15.8. The number of nitro benzene ring substituents is 1. The molecule has 5 atom stereocenters. The Balaban J connectivity index is 1.56. The fraction of sp³-hybridized carbons (Fsp3) is 0.250. The maximum Gasteiger partial charge on any atom is 0.282 e. The van der Waals surface area contributed by atoms with Crippen LogP contribution in [0.5, 0.6) is 0 Å². The number of benzene rings is 3. The largest absolute Gasteiger partial charge is 0.376 e. The van der Waals surface area contributed by atoms with Crippen molar-refractivity contribution in [3.63, 3.8) is 0 Å². The molecule has 5 rings (SSSR count). The Morgan fingerprint density at radius 2 is 1.79 bits per heavy atom. The molecular formula is C24H18Cl3FN2O2S. The second kappa shape index (κ2) is 8.99. The second-order valence-electron chi connectivity index (χ2n) is 8.25. The Morgan fingerprint density at radius 1 is 1.06 bits per heavy atom. The monoisotopic (exact) mass is 522 g/mol. The Kier molecular flexibility index (Phi) is 6.21. The van der Waals surface area contributed by atoms with Crippen molar-refractivity contribution >= 4 is 57.9 Å². The van der Waals surface area contributed by atoms with Crippen LogP contribution in [0, 0.1) is 21.8 Å². The normalized spacial score (nSPS) is 25.8. The Labute approximate surface area is 209 Å². The molecule has 0 bridgehead atoms. The van der Waals surface area contributed by atoms with Gasteiger partial charge in [0.15, 0.2) is 0 Å². The first kappa shape index (κ1) is 22.8. The molecule has 0 aromatic heterocycles. The van der Waals surface area contributed by atoms with Crippen molar-refractivity contribution in [1.29, 1.82) is 0 Å². The van der Waals surface area contributed by atoms with E-state index < -0.39 is 0 Å². The molecule has 9 heteroatoms. The van der Waals surface area contributed by atoms with Gasteiger partial charge in [0, 0.05) is 17.2 Å². The number of nitro groups is 1. The molecule has 3 aromatic rings. The highest BCUT2D eigenvalue weighted by atomic mass is 35.5. The molecule has 0 spiro atoms. The van der Waals surface area contributed by atoms with Gasteiger partial charge in [-0.2, -0.15) is 0 Å². The number of hydrogen-bond donors (Lipinski definition) is 1. The molecule has 4 nitrogen and oxygen atoms in total. The summed E-state index contributed by atoms with van der Waals surface area (Å²) in [7, 11) is 0. The summed E-state index contributed by atoms with van der Waals surface area (Å²) < 4.78 is 13.6. The van der Waals surface area contributed by atoms with Crippen LogP contribution in [0.2, 0.25) is 10.0 Å². The molecule has 0 saturated heterocycles. The fourth-order valence-electron chi connectivity index (χ4n) is 4.99. The molecule has 0 unspecified atom stereocenters. The third-order valence-electron chi connectivity index (χ3n) is 6.45. The standard InChI is InChI=1S/C24H18Cl3FN2O2S/c25-16-10-9-14-20-15(23(29-24(14)21(16)26)12-5-7-13(28)8-6-12)11-19(22(20)27)33-18-4-2-1-3-17(18)30(31)32/h1-10,15,19-20,22-23,29H,11H2/t15-,19-,20+,22-,23+/m1/s1. The van der Waals surface area contributed by atoms with Crippen molar-refractivity contribution in [2.75, 3.05) is 5.32 Å². The molecule has 2 aliphatic rings. The molecule has 1 N–H and O–H groups in total. The molecule has 3 aromatic carbocycles. The molecule has 1 aliphatic heterocycles. The van der Waals surface area contributed by atoms with Crippen LogP contribution in [0.25, 0.3) is 0 Å². The highest BCUT2D eigenvalue weighted by Gasteiger charge is 2.50. The number of anilines is 1. The molecule has 1 heterocycles. The van der Waals surface area contributed by atoms with Gasteiger partial charge in [0.25, 0.3) is 5.69 Å². The Bertz CT molecular complexity index is 1230. The molecular weight excluding hydrogens is 506 g/mol. The summed E-state index contributed by atoms with van der Waals surface area (Å²) in [4.78, 5) is 11.7. The topological polar surface area (TPSA) is 55.2 Å². The average Bonchev–Trinajstić information content (AvgIpc) is 3.13. The molecule has 170 valence electrons. The summed E-state index contributed by atoms with van der Waals surface area (Å²) in [6.07, 6.45) is 0.726. The van der Waals surface area contributed by atoms with E-state index >= 15 is 0 Å². The van der Waals surface area contributed by atoms with Gasteiger partial charge in [0.05, 0.1) is 37.0 Å². The Morgan fingerprint density at radius 3 is 2.52 bits per heavy atom. The van der Waals surface area contributed by atoms with Crippen LogP contribution in [0.3, 0.4) is 0 Å². The summed E-state index contributed by atoms with van der Waals surface area (Å²) in [6, 6.07) is 16.7. The number of halogens is 4. The van der Waals surface area contributed by atoms with E-state index in [1.54, 1.807) is 36.4 Å². The summed E-state index contributed by atoms with van der Waals surface area (Å²) in [6.45, 7) is 0. The van der Waals surface area contributed by atoms with Gasteiger partial charge >= 0.3 is 0 Å². The zero-order chi connectivity index (χ0) is 23.3. The second-order valence-corrected chi connectivity index (χ2v) is 10.8. The summed E-state index contributed by atoms with van der Waals surface area (Å²) in [5.74, 6) is -0.268. The number of alkyl halides is 1. The lowest BCUT2D eigenvalue weighted by Crippen LogP contribution is -2.31. The van der Waals surface area contributed by atoms with Crippen LogP contribution in [0.15, 0.2) is 65.6 Å². The third kappa shape index (κ3) is 4.08.